The number of carbonyl (C=O) groups is 2. The number of para-hydroxylation sites is 1. The Balaban J connectivity index is 2.51. The molecule has 7 heteroatoms. The predicted octanol–water partition coefficient (Wildman–Crippen LogP) is 0.0481. The van der Waals surface area contributed by atoms with Gasteiger partial charge in [0.1, 0.15) is 17.9 Å². The number of hydrogen-bond donors (Lipinski definition) is 4. The summed E-state index contributed by atoms with van der Waals surface area (Å²) in [6.45, 7) is -0.634. The minimum atomic E-state index is -1.25. The maximum Gasteiger partial charge on any atom is 0.322 e. The van der Waals surface area contributed by atoms with Gasteiger partial charge in [-0.2, -0.15) is 0 Å². The van der Waals surface area contributed by atoms with Gasteiger partial charge in [0.2, 0.25) is 0 Å². The topological polar surface area (TPSA) is 119 Å². The third kappa shape index (κ3) is 2.39. The summed E-state index contributed by atoms with van der Waals surface area (Å²) in [6, 6.07) is 6.42. The highest BCUT2D eigenvalue weighted by Crippen LogP contribution is 2.24. The number of aromatic nitrogens is 1. The van der Waals surface area contributed by atoms with E-state index < -0.39 is 35.3 Å². The molecule has 0 radical (unpaired) electrons. The second-order valence-corrected chi connectivity index (χ2v) is 3.80. The summed E-state index contributed by atoms with van der Waals surface area (Å²) in [6.07, 6.45) is 0. The Morgan fingerprint density at radius 3 is 2.63 bits per heavy atom. The maximum absolute atomic E-state index is 11.7. The van der Waals surface area contributed by atoms with Crippen molar-refractivity contribution in [2.24, 2.45) is 0 Å². The molecule has 4 N–H and O–H groups in total. The minimum Gasteiger partial charge on any atom is -0.506 e. The average molecular weight is 262 g/mol. The van der Waals surface area contributed by atoms with Crippen molar-refractivity contribution in [3.63, 3.8) is 0 Å². The van der Waals surface area contributed by atoms with Gasteiger partial charge in [-0.05, 0) is 12.1 Å². The van der Waals surface area contributed by atoms with Crippen LogP contribution in [-0.2, 0) is 4.79 Å². The molecule has 1 heterocycles. The molecule has 0 bridgehead atoms. The Labute approximate surface area is 106 Å². The molecule has 0 fully saturated rings. The number of aromatic hydroxyl groups is 1. The Morgan fingerprint density at radius 1 is 1.26 bits per heavy atom. The first-order chi connectivity index (χ1) is 9.00. The fraction of sp³-hybridized carbons (Fsp3) is 0.0833. The van der Waals surface area contributed by atoms with Gasteiger partial charge in [-0.15, -0.1) is 0 Å². The first-order valence-corrected chi connectivity index (χ1v) is 5.34. The summed E-state index contributed by atoms with van der Waals surface area (Å²) in [7, 11) is 0. The second kappa shape index (κ2) is 4.81. The number of aliphatic carboxylic acids is 1. The van der Waals surface area contributed by atoms with Crippen LogP contribution < -0.4 is 10.9 Å². The van der Waals surface area contributed by atoms with Crippen LogP contribution in [-0.4, -0.2) is 33.6 Å². The van der Waals surface area contributed by atoms with Crippen LogP contribution in [0.15, 0.2) is 29.1 Å². The zero-order chi connectivity index (χ0) is 14.0. The molecule has 19 heavy (non-hydrogen) atoms. The van der Waals surface area contributed by atoms with E-state index in [0.717, 1.165) is 0 Å². The fourth-order valence-corrected chi connectivity index (χ4v) is 1.68. The van der Waals surface area contributed by atoms with E-state index in [0.29, 0.717) is 10.9 Å². The lowest BCUT2D eigenvalue weighted by molar-refractivity contribution is -0.135. The van der Waals surface area contributed by atoms with E-state index in [4.69, 9.17) is 5.11 Å². The monoisotopic (exact) mass is 262 g/mol. The molecule has 1 amide bonds. The molecule has 0 aliphatic heterocycles. The summed E-state index contributed by atoms with van der Waals surface area (Å²) in [5, 5.41) is 20.7. The van der Waals surface area contributed by atoms with Gasteiger partial charge in [0.15, 0.2) is 0 Å². The van der Waals surface area contributed by atoms with Crippen LogP contribution in [0, 0.1) is 0 Å². The van der Waals surface area contributed by atoms with Crippen LogP contribution in [0.1, 0.15) is 10.4 Å². The number of H-pyrrole nitrogens is 1. The van der Waals surface area contributed by atoms with Crippen molar-refractivity contribution in [1.29, 1.82) is 0 Å². The zero-order valence-electron chi connectivity index (χ0n) is 9.64. The molecular weight excluding hydrogens is 252 g/mol. The van der Waals surface area contributed by atoms with Gasteiger partial charge in [0.05, 0.1) is 5.52 Å². The van der Waals surface area contributed by atoms with Crippen molar-refractivity contribution < 1.29 is 19.8 Å². The van der Waals surface area contributed by atoms with Crippen molar-refractivity contribution in [2.75, 3.05) is 6.54 Å². The summed E-state index contributed by atoms with van der Waals surface area (Å²) >= 11 is 0. The van der Waals surface area contributed by atoms with E-state index in [1.54, 1.807) is 18.2 Å². The molecule has 0 unspecified atom stereocenters. The molecule has 0 atom stereocenters. The van der Waals surface area contributed by atoms with Crippen molar-refractivity contribution in [3.8, 4) is 5.75 Å². The Morgan fingerprint density at radius 2 is 1.95 bits per heavy atom. The Kier molecular flexibility index (Phi) is 3.19. The van der Waals surface area contributed by atoms with Gasteiger partial charge in [0, 0.05) is 5.39 Å². The standard InChI is InChI=1S/C12H10N2O5/c15-8(16)5-13-11(18)9-10(17)6-3-1-2-4-7(6)14-12(9)19/h1-4H,5H2,(H,13,18)(H,15,16)(H2,14,17,19). The van der Waals surface area contributed by atoms with Crippen LogP contribution in [0.25, 0.3) is 10.9 Å². The number of aromatic amines is 1. The fourth-order valence-electron chi connectivity index (χ4n) is 1.68. The molecule has 1 aromatic carbocycles. The lowest BCUT2D eigenvalue weighted by Gasteiger charge is -2.07. The van der Waals surface area contributed by atoms with E-state index in [2.05, 4.69) is 4.98 Å². The minimum absolute atomic E-state index is 0.308. The summed E-state index contributed by atoms with van der Waals surface area (Å²) in [4.78, 5) is 36.2. The molecular formula is C12H10N2O5. The number of amides is 1. The van der Waals surface area contributed by atoms with Crippen molar-refractivity contribution in [2.45, 2.75) is 0 Å². The molecule has 0 saturated heterocycles. The number of rotatable bonds is 3. The number of carbonyl (C=O) groups excluding carboxylic acids is 1. The molecule has 98 valence electrons. The zero-order valence-corrected chi connectivity index (χ0v) is 9.64. The molecule has 0 aliphatic carbocycles. The molecule has 1 aromatic heterocycles. The number of hydrogen-bond acceptors (Lipinski definition) is 4. The van der Waals surface area contributed by atoms with Crippen molar-refractivity contribution in [1.82, 2.24) is 10.3 Å². The third-order valence-electron chi connectivity index (χ3n) is 2.52. The van der Waals surface area contributed by atoms with Crippen LogP contribution in [0.5, 0.6) is 5.75 Å². The van der Waals surface area contributed by atoms with Gasteiger partial charge in [0.25, 0.3) is 11.5 Å². The van der Waals surface area contributed by atoms with Gasteiger partial charge in [-0.25, -0.2) is 0 Å². The van der Waals surface area contributed by atoms with Crippen molar-refractivity contribution in [3.05, 3.63) is 40.2 Å². The largest absolute Gasteiger partial charge is 0.506 e. The number of benzene rings is 1. The highest BCUT2D eigenvalue weighted by atomic mass is 16.4. The quantitative estimate of drug-likeness (QED) is 0.623. The highest BCUT2D eigenvalue weighted by molar-refractivity contribution is 6.02. The number of carboxylic acid groups (broad SMARTS) is 1. The maximum atomic E-state index is 11.7. The number of fused-ring (bicyclic) bond motifs is 1. The van der Waals surface area contributed by atoms with Gasteiger partial charge in [-0.1, -0.05) is 12.1 Å². The summed E-state index contributed by atoms with van der Waals surface area (Å²) in [5.74, 6) is -2.65. The van der Waals surface area contributed by atoms with Crippen LogP contribution >= 0.6 is 0 Å². The molecule has 2 rings (SSSR count). The van der Waals surface area contributed by atoms with E-state index in [-0.39, 0.29) is 0 Å². The molecule has 0 aliphatic rings. The smallest absolute Gasteiger partial charge is 0.322 e. The Hall–Kier alpha value is -2.83. The number of carboxylic acids is 1. The first-order valence-electron chi connectivity index (χ1n) is 5.34. The van der Waals surface area contributed by atoms with Crippen LogP contribution in [0.3, 0.4) is 0 Å². The predicted molar refractivity (Wildman–Crippen MR) is 66.2 cm³/mol. The van der Waals surface area contributed by atoms with Gasteiger partial charge in [-0.3, -0.25) is 14.4 Å². The second-order valence-electron chi connectivity index (χ2n) is 3.80. The van der Waals surface area contributed by atoms with E-state index >= 15 is 0 Å². The summed E-state index contributed by atoms with van der Waals surface area (Å²) < 4.78 is 0. The number of pyridine rings is 1. The first kappa shape index (κ1) is 12.6. The third-order valence-corrected chi connectivity index (χ3v) is 2.52. The summed E-state index contributed by atoms with van der Waals surface area (Å²) in [5.41, 5.74) is -0.890. The lowest BCUT2D eigenvalue weighted by atomic mass is 10.1. The molecule has 2 aromatic rings. The van der Waals surface area contributed by atoms with E-state index in [1.165, 1.54) is 6.07 Å². The van der Waals surface area contributed by atoms with Crippen molar-refractivity contribution >= 4 is 22.8 Å². The van der Waals surface area contributed by atoms with Gasteiger partial charge >= 0.3 is 5.97 Å². The van der Waals surface area contributed by atoms with E-state index in [1.807, 2.05) is 5.32 Å². The highest BCUT2D eigenvalue weighted by Gasteiger charge is 2.19. The molecule has 0 saturated carbocycles. The molecule has 0 spiro atoms. The Bertz CT molecular complexity index is 720. The average Bonchev–Trinajstić information content (AvgIpc) is 2.36. The lowest BCUT2D eigenvalue weighted by Crippen LogP contribution is -2.33. The molecule has 7 nitrogen and oxygen atoms in total. The van der Waals surface area contributed by atoms with Crippen LogP contribution in [0.2, 0.25) is 0 Å². The van der Waals surface area contributed by atoms with Crippen LogP contribution in [0.4, 0.5) is 0 Å². The van der Waals surface area contributed by atoms with E-state index in [9.17, 15) is 19.5 Å². The van der Waals surface area contributed by atoms with Gasteiger partial charge < -0.3 is 20.5 Å². The number of nitrogens with one attached hydrogen (secondary N) is 2. The normalized spacial score (nSPS) is 10.3. The SMILES string of the molecule is O=C(O)CNC(=O)c1c(O)c2ccccc2[nH]c1=O.